The number of nitriles is 1. The molecule has 0 fully saturated rings. The summed E-state index contributed by atoms with van der Waals surface area (Å²) in [5.41, 5.74) is 3.09. The highest BCUT2D eigenvalue weighted by Gasteiger charge is 2.19. The second kappa shape index (κ2) is 9.73. The maximum absolute atomic E-state index is 13.8. The fraction of sp³-hybridized carbons (Fsp3) is 0.0417. The number of rotatable bonds is 6. The minimum atomic E-state index is -1.23. The van der Waals surface area contributed by atoms with Crippen LogP contribution < -0.4 is 10.6 Å². The molecule has 5 rings (SSSR count). The molecule has 1 atom stereocenters. The lowest BCUT2D eigenvalue weighted by atomic mass is 10.0. The van der Waals surface area contributed by atoms with E-state index >= 15 is 0 Å². The maximum atomic E-state index is 13.8. The average Bonchev–Trinajstić information content (AvgIpc) is 3.40. The van der Waals surface area contributed by atoms with Crippen molar-refractivity contribution in [2.24, 2.45) is 0 Å². The Labute approximate surface area is 212 Å². The molecular formula is C24H14Cl2F2N8. The number of hydrogen-bond acceptors (Lipinski definition) is 7. The molecule has 0 radical (unpaired) electrons. The van der Waals surface area contributed by atoms with E-state index in [1.807, 2.05) is 12.1 Å². The van der Waals surface area contributed by atoms with E-state index in [4.69, 9.17) is 23.2 Å². The fourth-order valence-electron chi connectivity index (χ4n) is 3.70. The summed E-state index contributed by atoms with van der Waals surface area (Å²) in [5.74, 6) is -2.35. The molecule has 3 N–H and O–H groups in total. The van der Waals surface area contributed by atoms with Crippen molar-refractivity contribution in [3.8, 4) is 6.07 Å². The summed E-state index contributed by atoms with van der Waals surface area (Å²) in [6, 6.07) is 13.3. The number of nitrogens with zero attached hydrogens (tertiary/aromatic N) is 5. The van der Waals surface area contributed by atoms with Gasteiger partial charge in [-0.25, -0.2) is 9.37 Å². The molecule has 178 valence electrons. The van der Waals surface area contributed by atoms with E-state index in [9.17, 15) is 14.0 Å². The number of hydrogen-bond donors (Lipinski definition) is 3. The lowest BCUT2D eigenvalue weighted by Crippen LogP contribution is -2.13. The summed E-state index contributed by atoms with van der Waals surface area (Å²) < 4.78 is 27.1. The van der Waals surface area contributed by atoms with Crippen molar-refractivity contribution in [2.75, 3.05) is 10.6 Å². The first-order valence-corrected chi connectivity index (χ1v) is 11.2. The number of pyridine rings is 2. The second-order valence-corrected chi connectivity index (χ2v) is 8.50. The summed E-state index contributed by atoms with van der Waals surface area (Å²) in [7, 11) is 0. The van der Waals surface area contributed by atoms with Crippen LogP contribution in [-0.4, -0.2) is 25.4 Å². The number of nitrogens with one attached hydrogen (secondary N) is 3. The molecule has 0 bridgehead atoms. The zero-order valence-electron chi connectivity index (χ0n) is 18.1. The first-order valence-electron chi connectivity index (χ1n) is 10.4. The molecule has 3 heterocycles. The average molecular weight is 523 g/mol. The number of anilines is 3. The Balaban J connectivity index is 1.61. The van der Waals surface area contributed by atoms with Crippen LogP contribution in [0.15, 0.2) is 61.1 Å². The number of fused-ring (bicyclic) bond motifs is 1. The van der Waals surface area contributed by atoms with Crippen LogP contribution in [-0.2, 0) is 0 Å². The largest absolute Gasteiger partial charge is 0.373 e. The molecule has 0 unspecified atom stereocenters. The van der Waals surface area contributed by atoms with E-state index in [2.05, 4.69) is 42.1 Å². The molecule has 5 aromatic rings. The van der Waals surface area contributed by atoms with E-state index in [1.165, 1.54) is 6.20 Å². The lowest BCUT2D eigenvalue weighted by Gasteiger charge is -2.20. The van der Waals surface area contributed by atoms with Gasteiger partial charge in [0.15, 0.2) is 5.82 Å². The van der Waals surface area contributed by atoms with Crippen LogP contribution >= 0.6 is 23.2 Å². The minimum absolute atomic E-state index is 0.147. The highest BCUT2D eigenvalue weighted by Crippen LogP contribution is 2.36. The second-order valence-electron chi connectivity index (χ2n) is 7.66. The van der Waals surface area contributed by atoms with Gasteiger partial charge in [0.2, 0.25) is 5.95 Å². The van der Waals surface area contributed by atoms with Gasteiger partial charge in [0.05, 0.1) is 45.9 Å². The summed E-state index contributed by atoms with van der Waals surface area (Å²) in [6.07, 6.45) is 4.06. The van der Waals surface area contributed by atoms with Crippen LogP contribution in [0.4, 0.5) is 25.8 Å². The van der Waals surface area contributed by atoms with Crippen molar-refractivity contribution >= 4 is 51.2 Å². The van der Waals surface area contributed by atoms with Gasteiger partial charge in [-0.05, 0) is 29.8 Å². The van der Waals surface area contributed by atoms with Crippen LogP contribution in [0.2, 0.25) is 10.0 Å². The summed E-state index contributed by atoms with van der Waals surface area (Å²) in [6.45, 7) is 0. The van der Waals surface area contributed by atoms with E-state index < -0.39 is 17.8 Å². The fourth-order valence-corrected chi connectivity index (χ4v) is 4.09. The molecule has 0 aliphatic heterocycles. The number of benzene rings is 2. The van der Waals surface area contributed by atoms with Gasteiger partial charge in [0.25, 0.3) is 0 Å². The van der Waals surface area contributed by atoms with Crippen LogP contribution in [0.1, 0.15) is 22.9 Å². The van der Waals surface area contributed by atoms with Gasteiger partial charge in [-0.3, -0.25) is 4.98 Å². The van der Waals surface area contributed by atoms with Gasteiger partial charge >= 0.3 is 0 Å². The van der Waals surface area contributed by atoms with Crippen molar-refractivity contribution in [3.05, 3.63) is 99.7 Å². The quantitative estimate of drug-likeness (QED) is 0.229. The van der Waals surface area contributed by atoms with Gasteiger partial charge in [-0.1, -0.05) is 35.3 Å². The molecule has 12 heteroatoms. The highest BCUT2D eigenvalue weighted by molar-refractivity contribution is 6.36. The van der Waals surface area contributed by atoms with Crippen LogP contribution in [0.25, 0.3) is 10.9 Å². The summed E-state index contributed by atoms with van der Waals surface area (Å²) in [4.78, 5) is 7.70. The van der Waals surface area contributed by atoms with Gasteiger partial charge in [0, 0.05) is 28.4 Å². The Morgan fingerprint density at radius 1 is 0.972 bits per heavy atom. The molecule has 0 saturated heterocycles. The van der Waals surface area contributed by atoms with Gasteiger partial charge in [-0.15, -0.1) is 0 Å². The monoisotopic (exact) mass is 522 g/mol. The third-order valence-electron chi connectivity index (χ3n) is 5.35. The van der Waals surface area contributed by atoms with E-state index in [0.717, 1.165) is 17.8 Å². The molecule has 3 aromatic heterocycles. The summed E-state index contributed by atoms with van der Waals surface area (Å²) >= 11 is 12.6. The molecule has 2 aromatic carbocycles. The Morgan fingerprint density at radius 3 is 2.47 bits per heavy atom. The predicted octanol–water partition coefficient (Wildman–Crippen LogP) is 6.15. The van der Waals surface area contributed by atoms with Crippen LogP contribution in [0.5, 0.6) is 0 Å². The molecule has 0 aliphatic carbocycles. The van der Waals surface area contributed by atoms with Crippen LogP contribution in [0.3, 0.4) is 0 Å². The third kappa shape index (κ3) is 4.62. The van der Waals surface area contributed by atoms with E-state index in [0.29, 0.717) is 38.0 Å². The predicted molar refractivity (Wildman–Crippen MR) is 132 cm³/mol. The summed E-state index contributed by atoms with van der Waals surface area (Å²) in [5, 5.41) is 28.1. The molecule has 0 spiro atoms. The molecule has 0 aliphatic rings. The lowest BCUT2D eigenvalue weighted by molar-refractivity contribution is 0.480. The SMILES string of the molecule is N#Cc1cnc2c(Cl)cc(N[C@@H](c3ccc(Cl)cc3)c3cn[nH]n3)cc2c1Nc1cnc(F)c(F)c1. The number of aromatic nitrogens is 5. The van der Waals surface area contributed by atoms with Crippen molar-refractivity contribution in [3.63, 3.8) is 0 Å². The smallest absolute Gasteiger partial charge is 0.249 e. The third-order valence-corrected chi connectivity index (χ3v) is 5.89. The van der Waals surface area contributed by atoms with Crippen molar-refractivity contribution in [2.45, 2.75) is 6.04 Å². The van der Waals surface area contributed by atoms with Gasteiger partial charge in [0.1, 0.15) is 11.8 Å². The van der Waals surface area contributed by atoms with Crippen LogP contribution in [0, 0.1) is 23.1 Å². The maximum Gasteiger partial charge on any atom is 0.249 e. The van der Waals surface area contributed by atoms with Gasteiger partial charge < -0.3 is 10.6 Å². The van der Waals surface area contributed by atoms with Crippen molar-refractivity contribution in [1.82, 2.24) is 25.4 Å². The molecule has 8 nitrogen and oxygen atoms in total. The first-order chi connectivity index (χ1) is 17.4. The zero-order valence-corrected chi connectivity index (χ0v) is 19.6. The molecular weight excluding hydrogens is 509 g/mol. The normalized spacial score (nSPS) is 11.8. The zero-order chi connectivity index (χ0) is 25.2. The number of aromatic amines is 1. The first kappa shape index (κ1) is 23.4. The Kier molecular flexibility index (Phi) is 6.33. The number of H-pyrrole nitrogens is 1. The van der Waals surface area contributed by atoms with Crippen molar-refractivity contribution in [1.29, 1.82) is 5.26 Å². The number of halogens is 4. The topological polar surface area (TPSA) is 115 Å². The minimum Gasteiger partial charge on any atom is -0.373 e. The molecule has 0 saturated carbocycles. The molecule has 36 heavy (non-hydrogen) atoms. The standard InChI is InChI=1S/C24H14Cl2F2N8/c25-14-3-1-12(2-4-14)22(20-11-32-36-35-20)33-15-5-17-21(34-16-7-19(27)24(28)31-10-16)13(8-29)9-30-23(17)18(26)6-15/h1-7,9-11,22,33H,(H,30,34)(H,32,35,36)/t22-/m0/s1. The van der Waals surface area contributed by atoms with Gasteiger partial charge in [-0.2, -0.15) is 25.1 Å². The Hall–Kier alpha value is -4.33. The Bertz CT molecular complexity index is 1600. The Morgan fingerprint density at radius 2 is 1.78 bits per heavy atom. The van der Waals surface area contributed by atoms with E-state index in [1.54, 1.807) is 30.5 Å². The highest BCUT2D eigenvalue weighted by atomic mass is 35.5. The van der Waals surface area contributed by atoms with Crippen molar-refractivity contribution < 1.29 is 8.78 Å². The molecule has 0 amide bonds. The van der Waals surface area contributed by atoms with E-state index in [-0.39, 0.29) is 11.3 Å².